The molecule has 0 unspecified atom stereocenters. The van der Waals surface area contributed by atoms with Crippen LogP contribution in [0.3, 0.4) is 0 Å². The highest BCUT2D eigenvalue weighted by atomic mass is 15.0. The van der Waals surface area contributed by atoms with Gasteiger partial charge < -0.3 is 11.5 Å². The maximum Gasteiger partial charge on any atom is 0.222 e. The fourth-order valence-electron chi connectivity index (χ4n) is 1.85. The summed E-state index contributed by atoms with van der Waals surface area (Å²) in [7, 11) is 0. The van der Waals surface area contributed by atoms with Gasteiger partial charge in [0.1, 0.15) is 5.82 Å². The highest BCUT2D eigenvalue weighted by Gasteiger charge is 2.07. The van der Waals surface area contributed by atoms with Crippen molar-refractivity contribution in [2.24, 2.45) is 0 Å². The van der Waals surface area contributed by atoms with Gasteiger partial charge in [-0.2, -0.15) is 4.98 Å². The van der Waals surface area contributed by atoms with Crippen molar-refractivity contribution in [3.05, 3.63) is 11.3 Å². The molecule has 0 aromatic carbocycles. The molecule has 0 bridgehead atoms. The second kappa shape index (κ2) is 6.30. The molecule has 4 N–H and O–H groups in total. The van der Waals surface area contributed by atoms with Gasteiger partial charge in [0.2, 0.25) is 5.95 Å². The van der Waals surface area contributed by atoms with Crippen LogP contribution in [0, 0.1) is 6.92 Å². The maximum atomic E-state index is 5.83. The third-order valence-corrected chi connectivity index (χ3v) is 2.79. The van der Waals surface area contributed by atoms with E-state index in [0.29, 0.717) is 5.82 Å². The number of unbranched alkanes of at least 4 members (excludes halogenated alkanes) is 4. The first-order chi connectivity index (χ1) is 7.65. The molecule has 0 saturated heterocycles. The van der Waals surface area contributed by atoms with Gasteiger partial charge in [0, 0.05) is 11.3 Å². The number of hydrogen-bond acceptors (Lipinski definition) is 4. The van der Waals surface area contributed by atoms with Crippen molar-refractivity contribution < 1.29 is 0 Å². The highest BCUT2D eigenvalue weighted by Crippen LogP contribution is 2.17. The van der Waals surface area contributed by atoms with Gasteiger partial charge in [-0.05, 0) is 19.8 Å². The van der Waals surface area contributed by atoms with Crippen molar-refractivity contribution in [1.29, 1.82) is 0 Å². The van der Waals surface area contributed by atoms with Crippen LogP contribution in [0.4, 0.5) is 11.8 Å². The summed E-state index contributed by atoms with van der Waals surface area (Å²) in [6, 6.07) is 0. The molecule has 0 aliphatic heterocycles. The maximum absolute atomic E-state index is 5.83. The lowest BCUT2D eigenvalue weighted by Crippen LogP contribution is -2.07. The van der Waals surface area contributed by atoms with Crippen LogP contribution >= 0.6 is 0 Å². The number of nitrogens with zero attached hydrogens (tertiary/aromatic N) is 2. The summed E-state index contributed by atoms with van der Waals surface area (Å²) in [6.45, 7) is 4.16. The van der Waals surface area contributed by atoms with Gasteiger partial charge in [-0.25, -0.2) is 4.98 Å². The largest absolute Gasteiger partial charge is 0.383 e. The van der Waals surface area contributed by atoms with Crippen LogP contribution in [-0.4, -0.2) is 9.97 Å². The number of anilines is 2. The third kappa shape index (κ3) is 3.68. The van der Waals surface area contributed by atoms with E-state index in [-0.39, 0.29) is 5.95 Å². The summed E-state index contributed by atoms with van der Waals surface area (Å²) in [4.78, 5) is 8.13. The number of aromatic nitrogens is 2. The van der Waals surface area contributed by atoms with Crippen LogP contribution in [0.1, 0.15) is 50.3 Å². The molecular weight excluding hydrogens is 200 g/mol. The van der Waals surface area contributed by atoms with Gasteiger partial charge in [-0.15, -0.1) is 0 Å². The quantitative estimate of drug-likeness (QED) is 0.725. The molecule has 0 aliphatic rings. The number of aryl methyl sites for hydroxylation is 1. The van der Waals surface area contributed by atoms with Crippen LogP contribution in [-0.2, 0) is 6.42 Å². The predicted molar refractivity (Wildman–Crippen MR) is 68.1 cm³/mol. The standard InChI is InChI=1S/C12H22N4/c1-3-4-5-6-7-8-10-9(2)15-12(14)16-11(10)13/h3-8H2,1-2H3,(H4,13,14,15,16). The monoisotopic (exact) mass is 222 g/mol. The van der Waals surface area contributed by atoms with E-state index in [0.717, 1.165) is 24.1 Å². The van der Waals surface area contributed by atoms with E-state index in [2.05, 4.69) is 16.9 Å². The van der Waals surface area contributed by atoms with Crippen molar-refractivity contribution in [2.45, 2.75) is 52.4 Å². The van der Waals surface area contributed by atoms with Crippen molar-refractivity contribution in [2.75, 3.05) is 11.5 Å². The minimum absolute atomic E-state index is 0.268. The average molecular weight is 222 g/mol. The Labute approximate surface area is 97.5 Å². The van der Waals surface area contributed by atoms with E-state index >= 15 is 0 Å². The van der Waals surface area contributed by atoms with Gasteiger partial charge in [0.15, 0.2) is 0 Å². The summed E-state index contributed by atoms with van der Waals surface area (Å²) < 4.78 is 0. The number of rotatable bonds is 6. The zero-order valence-corrected chi connectivity index (χ0v) is 10.3. The lowest BCUT2D eigenvalue weighted by Gasteiger charge is -2.08. The molecule has 0 fully saturated rings. The molecule has 0 spiro atoms. The molecule has 4 nitrogen and oxygen atoms in total. The van der Waals surface area contributed by atoms with Crippen LogP contribution in [0.25, 0.3) is 0 Å². The molecule has 0 saturated carbocycles. The Kier molecular flexibility index (Phi) is 5.02. The molecule has 1 heterocycles. The molecule has 16 heavy (non-hydrogen) atoms. The summed E-state index contributed by atoms with van der Waals surface area (Å²) in [5, 5.41) is 0. The molecule has 0 aliphatic carbocycles. The Morgan fingerprint density at radius 1 is 1.00 bits per heavy atom. The van der Waals surface area contributed by atoms with Crippen molar-refractivity contribution in [3.8, 4) is 0 Å². The van der Waals surface area contributed by atoms with Crippen LogP contribution in [0.5, 0.6) is 0 Å². The molecule has 0 amide bonds. The zero-order valence-electron chi connectivity index (χ0n) is 10.3. The van der Waals surface area contributed by atoms with Crippen LogP contribution in [0.15, 0.2) is 0 Å². The number of nitrogens with two attached hydrogens (primary N) is 2. The summed E-state index contributed by atoms with van der Waals surface area (Å²) >= 11 is 0. The molecule has 1 aromatic heterocycles. The Hall–Kier alpha value is -1.32. The highest BCUT2D eigenvalue weighted by molar-refractivity contribution is 5.45. The second-order valence-electron chi connectivity index (χ2n) is 4.20. The minimum Gasteiger partial charge on any atom is -0.383 e. The van der Waals surface area contributed by atoms with Gasteiger partial charge in [-0.1, -0.05) is 32.6 Å². The van der Waals surface area contributed by atoms with E-state index in [1.165, 1.54) is 25.7 Å². The van der Waals surface area contributed by atoms with Crippen LogP contribution < -0.4 is 11.5 Å². The number of nitrogen functional groups attached to an aromatic ring is 2. The van der Waals surface area contributed by atoms with E-state index in [1.54, 1.807) is 0 Å². The lowest BCUT2D eigenvalue weighted by atomic mass is 10.1. The van der Waals surface area contributed by atoms with Gasteiger partial charge >= 0.3 is 0 Å². The smallest absolute Gasteiger partial charge is 0.222 e. The van der Waals surface area contributed by atoms with E-state index in [1.807, 2.05) is 6.92 Å². The topological polar surface area (TPSA) is 77.8 Å². The van der Waals surface area contributed by atoms with Gasteiger partial charge in [-0.3, -0.25) is 0 Å². The lowest BCUT2D eigenvalue weighted by molar-refractivity contribution is 0.630. The average Bonchev–Trinajstić information content (AvgIpc) is 2.20. The van der Waals surface area contributed by atoms with Crippen molar-refractivity contribution >= 4 is 11.8 Å². The molecular formula is C12H22N4. The second-order valence-corrected chi connectivity index (χ2v) is 4.20. The molecule has 1 rings (SSSR count). The minimum atomic E-state index is 0.268. The van der Waals surface area contributed by atoms with Crippen molar-refractivity contribution in [1.82, 2.24) is 9.97 Å². The van der Waals surface area contributed by atoms with Gasteiger partial charge in [0.05, 0.1) is 0 Å². The Morgan fingerprint density at radius 2 is 1.69 bits per heavy atom. The van der Waals surface area contributed by atoms with E-state index in [4.69, 9.17) is 11.5 Å². The Balaban J connectivity index is 2.47. The van der Waals surface area contributed by atoms with E-state index in [9.17, 15) is 0 Å². The SMILES string of the molecule is CCCCCCCc1c(C)nc(N)nc1N. The zero-order chi connectivity index (χ0) is 12.0. The van der Waals surface area contributed by atoms with Gasteiger partial charge in [0.25, 0.3) is 0 Å². The first-order valence-corrected chi connectivity index (χ1v) is 6.03. The molecule has 0 atom stereocenters. The van der Waals surface area contributed by atoms with Crippen LogP contribution in [0.2, 0.25) is 0 Å². The first-order valence-electron chi connectivity index (χ1n) is 6.03. The Bertz CT molecular complexity index is 313. The third-order valence-electron chi connectivity index (χ3n) is 2.79. The number of hydrogen-bond donors (Lipinski definition) is 2. The fraction of sp³-hybridized carbons (Fsp3) is 0.667. The molecule has 0 radical (unpaired) electrons. The summed E-state index contributed by atoms with van der Waals surface area (Å²) in [5.41, 5.74) is 13.3. The predicted octanol–water partition coefficient (Wildman–Crippen LogP) is 2.46. The fourth-order valence-corrected chi connectivity index (χ4v) is 1.85. The Morgan fingerprint density at radius 3 is 2.31 bits per heavy atom. The molecule has 90 valence electrons. The molecule has 1 aromatic rings. The molecule has 4 heteroatoms. The first kappa shape index (κ1) is 12.7. The normalized spacial score (nSPS) is 10.6. The summed E-state index contributed by atoms with van der Waals surface area (Å²) in [6.07, 6.45) is 7.24. The van der Waals surface area contributed by atoms with Crippen molar-refractivity contribution in [3.63, 3.8) is 0 Å². The van der Waals surface area contributed by atoms with E-state index < -0.39 is 0 Å². The summed E-state index contributed by atoms with van der Waals surface area (Å²) in [5.74, 6) is 0.810.